The molecule has 0 radical (unpaired) electrons. The number of halogens is 5. The molecule has 29 heavy (non-hydrogen) atoms. The lowest BCUT2D eigenvalue weighted by Crippen LogP contribution is -2.28. The number of nitrogens with zero attached hydrogens (tertiary/aromatic N) is 4. The zero-order valence-electron chi connectivity index (χ0n) is 15.0. The summed E-state index contributed by atoms with van der Waals surface area (Å²) in [7, 11) is 1.35. The van der Waals surface area contributed by atoms with Crippen LogP contribution in [0.15, 0.2) is 35.0 Å². The maximum atomic E-state index is 12.8. The standard InChI is InChI=1S/C17H14F5N5O2/c1-8(24-16(28)12-6-11(15(18)19)25-27(12)2)13-7-10(26-29-13)9-3-4-23-14(5-9)17(20,21)22/h3-8,15H,1-2H3,(H,24,28)/t8-/m1/s1. The van der Waals surface area contributed by atoms with Crippen LogP contribution in [0.25, 0.3) is 11.3 Å². The molecule has 0 saturated heterocycles. The SMILES string of the molecule is C[C@@H](NC(=O)c1cc(C(F)F)nn1C)c1cc(-c2ccnc(C(F)(F)F)c2)no1. The normalized spacial score (nSPS) is 13.0. The first kappa shape index (κ1) is 20.4. The molecule has 0 aromatic carbocycles. The van der Waals surface area contributed by atoms with Gasteiger partial charge in [-0.25, -0.2) is 8.78 Å². The molecular formula is C17H14F5N5O2. The first-order chi connectivity index (χ1) is 13.6. The van der Waals surface area contributed by atoms with E-state index in [2.05, 4.69) is 20.6 Å². The van der Waals surface area contributed by atoms with Gasteiger partial charge in [-0.15, -0.1) is 0 Å². The molecule has 12 heteroatoms. The molecule has 154 valence electrons. The van der Waals surface area contributed by atoms with E-state index >= 15 is 0 Å². The van der Waals surface area contributed by atoms with Crippen molar-refractivity contribution in [1.82, 2.24) is 25.2 Å². The van der Waals surface area contributed by atoms with Crippen molar-refractivity contribution < 1.29 is 31.3 Å². The highest BCUT2D eigenvalue weighted by Gasteiger charge is 2.32. The molecule has 7 nitrogen and oxygen atoms in total. The van der Waals surface area contributed by atoms with Crippen LogP contribution in [0.4, 0.5) is 22.0 Å². The Bertz CT molecular complexity index is 1030. The van der Waals surface area contributed by atoms with Crippen LogP contribution in [0.2, 0.25) is 0 Å². The highest BCUT2D eigenvalue weighted by atomic mass is 19.4. The van der Waals surface area contributed by atoms with E-state index in [1.54, 1.807) is 6.92 Å². The molecule has 0 unspecified atom stereocenters. The predicted molar refractivity (Wildman–Crippen MR) is 88.8 cm³/mol. The van der Waals surface area contributed by atoms with Gasteiger partial charge in [-0.05, 0) is 25.1 Å². The van der Waals surface area contributed by atoms with Crippen molar-refractivity contribution in [1.29, 1.82) is 0 Å². The van der Waals surface area contributed by atoms with Crippen LogP contribution in [0, 0.1) is 0 Å². The van der Waals surface area contributed by atoms with Crippen LogP contribution < -0.4 is 5.32 Å². The van der Waals surface area contributed by atoms with Crippen LogP contribution in [0.3, 0.4) is 0 Å². The number of hydrogen-bond donors (Lipinski definition) is 1. The summed E-state index contributed by atoms with van der Waals surface area (Å²) in [6, 6.07) is 3.76. The summed E-state index contributed by atoms with van der Waals surface area (Å²) in [5, 5.41) is 9.81. The van der Waals surface area contributed by atoms with E-state index in [9.17, 15) is 26.7 Å². The fourth-order valence-electron chi connectivity index (χ4n) is 2.52. The first-order valence-electron chi connectivity index (χ1n) is 8.19. The van der Waals surface area contributed by atoms with Crippen molar-refractivity contribution in [3.63, 3.8) is 0 Å². The molecule has 1 atom stereocenters. The van der Waals surface area contributed by atoms with Gasteiger partial charge in [0.2, 0.25) is 0 Å². The van der Waals surface area contributed by atoms with Gasteiger partial charge in [0.15, 0.2) is 5.76 Å². The van der Waals surface area contributed by atoms with E-state index < -0.39 is 35.9 Å². The Balaban J connectivity index is 1.76. The van der Waals surface area contributed by atoms with E-state index in [4.69, 9.17) is 4.52 Å². The van der Waals surface area contributed by atoms with Crippen molar-refractivity contribution in [2.75, 3.05) is 0 Å². The maximum absolute atomic E-state index is 12.8. The zero-order chi connectivity index (χ0) is 21.3. The molecule has 1 amide bonds. The van der Waals surface area contributed by atoms with Gasteiger partial charge in [0.25, 0.3) is 12.3 Å². The molecular weight excluding hydrogens is 401 g/mol. The van der Waals surface area contributed by atoms with Gasteiger partial charge < -0.3 is 9.84 Å². The van der Waals surface area contributed by atoms with Crippen LogP contribution in [-0.4, -0.2) is 25.8 Å². The second kappa shape index (κ2) is 7.60. The van der Waals surface area contributed by atoms with Gasteiger partial charge in [0.1, 0.15) is 22.8 Å². The minimum Gasteiger partial charge on any atom is -0.359 e. The monoisotopic (exact) mass is 415 g/mol. The summed E-state index contributed by atoms with van der Waals surface area (Å²) in [6.07, 6.45) is -6.43. The van der Waals surface area contributed by atoms with Crippen LogP contribution in [-0.2, 0) is 13.2 Å². The van der Waals surface area contributed by atoms with Gasteiger partial charge in [-0.1, -0.05) is 5.16 Å². The van der Waals surface area contributed by atoms with E-state index in [0.29, 0.717) is 0 Å². The number of hydrogen-bond acceptors (Lipinski definition) is 5. The first-order valence-corrected chi connectivity index (χ1v) is 8.19. The van der Waals surface area contributed by atoms with E-state index in [-0.39, 0.29) is 22.7 Å². The van der Waals surface area contributed by atoms with Crippen LogP contribution >= 0.6 is 0 Å². The molecule has 0 fully saturated rings. The molecule has 0 bridgehead atoms. The van der Waals surface area contributed by atoms with Gasteiger partial charge in [0.05, 0.1) is 6.04 Å². The van der Waals surface area contributed by atoms with Crippen molar-refractivity contribution >= 4 is 5.91 Å². The smallest absolute Gasteiger partial charge is 0.359 e. The molecule has 1 N–H and O–H groups in total. The van der Waals surface area contributed by atoms with Crippen molar-refractivity contribution in [3.05, 3.63) is 53.3 Å². The lowest BCUT2D eigenvalue weighted by molar-refractivity contribution is -0.141. The summed E-state index contributed by atoms with van der Waals surface area (Å²) in [4.78, 5) is 15.6. The molecule has 0 aliphatic heterocycles. The van der Waals surface area contributed by atoms with Crippen LogP contribution in [0.5, 0.6) is 0 Å². The Hall–Kier alpha value is -3.31. The average Bonchev–Trinajstić information content (AvgIpc) is 3.28. The second-order valence-electron chi connectivity index (χ2n) is 6.12. The Kier molecular flexibility index (Phi) is 5.36. The van der Waals surface area contributed by atoms with Crippen LogP contribution in [0.1, 0.15) is 47.0 Å². The fourth-order valence-corrected chi connectivity index (χ4v) is 2.52. The van der Waals surface area contributed by atoms with Crippen molar-refractivity contribution in [2.45, 2.75) is 25.6 Å². The predicted octanol–water partition coefficient (Wildman–Crippen LogP) is 3.92. The quantitative estimate of drug-likeness (QED) is 0.639. The Morgan fingerprint density at radius 2 is 1.97 bits per heavy atom. The molecule has 3 rings (SSSR count). The summed E-state index contributed by atoms with van der Waals surface area (Å²) >= 11 is 0. The van der Waals surface area contributed by atoms with Gasteiger partial charge in [-0.3, -0.25) is 14.5 Å². The summed E-state index contributed by atoms with van der Waals surface area (Å²) in [5.74, 6) is -0.518. The number of rotatable bonds is 5. The summed E-state index contributed by atoms with van der Waals surface area (Å²) in [5.41, 5.74) is -1.45. The third-order valence-electron chi connectivity index (χ3n) is 4.00. The second-order valence-corrected chi connectivity index (χ2v) is 6.12. The van der Waals surface area contributed by atoms with Gasteiger partial charge >= 0.3 is 6.18 Å². The number of amides is 1. The molecule has 0 aliphatic rings. The number of aromatic nitrogens is 4. The minimum absolute atomic E-state index is 0.0872. The van der Waals surface area contributed by atoms with Gasteiger partial charge in [0, 0.05) is 24.9 Å². The average molecular weight is 415 g/mol. The third kappa shape index (κ3) is 4.41. The topological polar surface area (TPSA) is 85.8 Å². The molecule has 3 aromatic heterocycles. The fraction of sp³-hybridized carbons (Fsp3) is 0.294. The number of carbonyl (C=O) groups is 1. The molecule has 0 spiro atoms. The Morgan fingerprint density at radius 3 is 2.59 bits per heavy atom. The van der Waals surface area contributed by atoms with E-state index in [0.717, 1.165) is 23.0 Å². The lowest BCUT2D eigenvalue weighted by Gasteiger charge is -2.10. The third-order valence-corrected chi connectivity index (χ3v) is 4.00. The molecule has 0 aliphatic carbocycles. The maximum Gasteiger partial charge on any atom is 0.433 e. The Labute approximate surface area is 160 Å². The number of aryl methyl sites for hydroxylation is 1. The zero-order valence-corrected chi connectivity index (χ0v) is 15.0. The van der Waals surface area contributed by atoms with E-state index in [1.807, 2.05) is 0 Å². The molecule has 3 aromatic rings. The number of alkyl halides is 5. The van der Waals surface area contributed by atoms with Crippen molar-refractivity contribution in [3.8, 4) is 11.3 Å². The number of carbonyl (C=O) groups excluding carboxylic acids is 1. The summed E-state index contributed by atoms with van der Waals surface area (Å²) < 4.78 is 69.9. The highest BCUT2D eigenvalue weighted by Crippen LogP contribution is 2.31. The van der Waals surface area contributed by atoms with Gasteiger partial charge in [-0.2, -0.15) is 18.3 Å². The number of pyridine rings is 1. The summed E-state index contributed by atoms with van der Waals surface area (Å²) in [6.45, 7) is 1.54. The highest BCUT2D eigenvalue weighted by molar-refractivity contribution is 5.92. The van der Waals surface area contributed by atoms with Crippen molar-refractivity contribution in [2.24, 2.45) is 7.05 Å². The lowest BCUT2D eigenvalue weighted by atomic mass is 10.1. The molecule has 3 heterocycles. The Morgan fingerprint density at radius 1 is 1.24 bits per heavy atom. The molecule has 0 saturated carbocycles. The number of nitrogens with one attached hydrogen (secondary N) is 1. The largest absolute Gasteiger partial charge is 0.433 e. The minimum atomic E-state index is -4.61. The van der Waals surface area contributed by atoms with E-state index in [1.165, 1.54) is 19.2 Å².